The smallest absolute Gasteiger partial charge is 0.103 e. The average Bonchev–Trinajstić information content (AvgIpc) is 3.81. The first-order chi connectivity index (χ1) is 23.3. The van der Waals surface area contributed by atoms with E-state index in [2.05, 4.69) is 178 Å². The second-order valence-electron chi connectivity index (χ2n) is 12.2. The molecule has 3 nitrogen and oxygen atoms in total. The number of nitrogens with zero attached hydrogens (tertiary/aromatic N) is 2. The highest BCUT2D eigenvalue weighted by atomic mass is 32.2. The zero-order valence-electron chi connectivity index (χ0n) is 25.5. The molecule has 0 amide bonds. The normalized spacial score (nSPS) is 14.3. The molecule has 1 N–H and O–H groups in total. The molecule has 4 heteroatoms. The Morgan fingerprint density at radius 1 is 0.426 bits per heavy atom. The maximum atomic E-state index is 3.75. The lowest BCUT2D eigenvalue weighted by molar-refractivity contribution is 1.13. The highest BCUT2D eigenvalue weighted by Gasteiger charge is 2.23. The number of fused-ring (bicyclic) bond motifs is 7. The van der Waals surface area contributed by atoms with Gasteiger partial charge in [-0.1, -0.05) is 115 Å². The molecule has 10 rings (SSSR count). The van der Waals surface area contributed by atoms with E-state index in [-0.39, 0.29) is 5.37 Å². The second kappa shape index (κ2) is 10.4. The number of benzene rings is 7. The minimum atomic E-state index is 0.230. The predicted octanol–water partition coefficient (Wildman–Crippen LogP) is 11.8. The molecule has 0 spiro atoms. The maximum absolute atomic E-state index is 3.75. The minimum Gasteiger partial charge on any atom is -0.368 e. The van der Waals surface area contributed by atoms with Crippen LogP contribution in [-0.2, 0) is 0 Å². The minimum absolute atomic E-state index is 0.230. The van der Waals surface area contributed by atoms with E-state index in [1.165, 1.54) is 76.6 Å². The van der Waals surface area contributed by atoms with Crippen molar-refractivity contribution in [3.8, 4) is 22.5 Å². The molecular formula is C43H29N3S. The number of rotatable bonds is 4. The van der Waals surface area contributed by atoms with E-state index in [4.69, 9.17) is 0 Å². The summed E-state index contributed by atoms with van der Waals surface area (Å²) < 4.78 is 4.84. The molecule has 47 heavy (non-hydrogen) atoms. The van der Waals surface area contributed by atoms with Gasteiger partial charge in [-0.2, -0.15) is 0 Å². The molecule has 0 bridgehead atoms. The lowest BCUT2D eigenvalue weighted by Crippen LogP contribution is -2.00. The highest BCUT2D eigenvalue weighted by Crippen LogP contribution is 2.48. The summed E-state index contributed by atoms with van der Waals surface area (Å²) in [6.45, 7) is 0. The molecule has 9 aromatic rings. The monoisotopic (exact) mass is 619 g/mol. The molecule has 1 atom stereocenters. The van der Waals surface area contributed by atoms with Gasteiger partial charge in [0.1, 0.15) is 5.37 Å². The van der Waals surface area contributed by atoms with E-state index in [1.807, 2.05) is 11.8 Å². The van der Waals surface area contributed by atoms with Crippen LogP contribution in [0.4, 0.5) is 5.69 Å². The van der Waals surface area contributed by atoms with Gasteiger partial charge in [0.05, 0.1) is 22.1 Å². The zero-order valence-corrected chi connectivity index (χ0v) is 26.3. The molecule has 1 aliphatic heterocycles. The van der Waals surface area contributed by atoms with Gasteiger partial charge in [-0.15, -0.1) is 0 Å². The van der Waals surface area contributed by atoms with Crippen molar-refractivity contribution >= 4 is 61.1 Å². The quantitative estimate of drug-likeness (QED) is 0.212. The van der Waals surface area contributed by atoms with Crippen LogP contribution in [0.15, 0.2) is 169 Å². The average molecular weight is 620 g/mol. The van der Waals surface area contributed by atoms with Crippen molar-refractivity contribution in [2.45, 2.75) is 10.3 Å². The Labute approximate surface area is 276 Å². The van der Waals surface area contributed by atoms with Gasteiger partial charge in [-0.05, 0) is 77.4 Å². The van der Waals surface area contributed by atoms with E-state index in [0.717, 1.165) is 5.69 Å². The van der Waals surface area contributed by atoms with Crippen molar-refractivity contribution in [1.29, 1.82) is 0 Å². The standard InChI is InChI=1S/C43H29N3S/c1-3-12-28(13-4-1)43-44-37-25-30(22-23-42(37)47-43)29-14-11-17-32(24-29)46-39-21-10-8-19-34(39)36-26-35-33-18-7-9-20-38(33)45(40(35)27-41(36)46)31-15-5-2-6-16-31/h1-27,43-44H. The molecule has 1 aliphatic rings. The SMILES string of the molecule is c1ccc(C2Nc3cc(-c4cccc(-n5c6ccccc6c6cc7c8ccccc8n(-c8ccccc8)c7cc65)c4)ccc3S2)cc1. The first-order valence-corrected chi connectivity index (χ1v) is 16.9. The zero-order chi connectivity index (χ0) is 30.9. The molecular weight excluding hydrogens is 591 g/mol. The van der Waals surface area contributed by atoms with Crippen LogP contribution in [0.1, 0.15) is 10.9 Å². The van der Waals surface area contributed by atoms with Crippen molar-refractivity contribution in [3.05, 3.63) is 169 Å². The Morgan fingerprint density at radius 3 is 1.74 bits per heavy atom. The van der Waals surface area contributed by atoms with E-state index in [1.54, 1.807) is 0 Å². The van der Waals surface area contributed by atoms with Gasteiger partial charge in [0.25, 0.3) is 0 Å². The fourth-order valence-corrected chi connectivity index (χ4v) is 8.52. The van der Waals surface area contributed by atoms with Crippen LogP contribution in [0.2, 0.25) is 0 Å². The first kappa shape index (κ1) is 26.5. The summed E-state index contributed by atoms with van der Waals surface area (Å²) in [6, 6.07) is 59.5. The molecule has 222 valence electrons. The van der Waals surface area contributed by atoms with Gasteiger partial charge in [0, 0.05) is 43.5 Å². The number of hydrogen-bond donors (Lipinski definition) is 1. The van der Waals surface area contributed by atoms with Gasteiger partial charge in [0.15, 0.2) is 0 Å². The van der Waals surface area contributed by atoms with E-state index < -0.39 is 0 Å². The van der Waals surface area contributed by atoms with Gasteiger partial charge in [-0.3, -0.25) is 0 Å². The third kappa shape index (κ3) is 4.15. The number of hydrogen-bond acceptors (Lipinski definition) is 2. The number of aromatic nitrogens is 2. The van der Waals surface area contributed by atoms with E-state index in [0.29, 0.717) is 0 Å². The van der Waals surface area contributed by atoms with Crippen LogP contribution in [0.5, 0.6) is 0 Å². The third-order valence-corrected chi connectivity index (χ3v) is 10.8. The van der Waals surface area contributed by atoms with Crippen molar-refractivity contribution in [2.75, 3.05) is 5.32 Å². The molecule has 0 saturated carbocycles. The van der Waals surface area contributed by atoms with Crippen molar-refractivity contribution < 1.29 is 0 Å². The summed E-state index contributed by atoms with van der Waals surface area (Å²) in [5.41, 5.74) is 12.1. The molecule has 1 unspecified atom stereocenters. The fourth-order valence-electron chi connectivity index (χ4n) is 7.39. The van der Waals surface area contributed by atoms with Gasteiger partial charge >= 0.3 is 0 Å². The van der Waals surface area contributed by atoms with Gasteiger partial charge < -0.3 is 14.5 Å². The summed E-state index contributed by atoms with van der Waals surface area (Å²) in [5, 5.41) is 9.05. The summed E-state index contributed by atoms with van der Waals surface area (Å²) in [6.07, 6.45) is 0. The molecule has 2 aromatic heterocycles. The topological polar surface area (TPSA) is 21.9 Å². The number of nitrogens with one attached hydrogen (secondary N) is 1. The predicted molar refractivity (Wildman–Crippen MR) is 199 cm³/mol. The molecule has 0 saturated heterocycles. The Morgan fingerprint density at radius 2 is 1.02 bits per heavy atom. The number of para-hydroxylation sites is 3. The van der Waals surface area contributed by atoms with Gasteiger partial charge in [0.2, 0.25) is 0 Å². The number of anilines is 1. The maximum Gasteiger partial charge on any atom is 0.103 e. The Hall–Kier alpha value is -5.71. The van der Waals surface area contributed by atoms with Crippen LogP contribution in [0.25, 0.3) is 66.1 Å². The van der Waals surface area contributed by atoms with Crippen LogP contribution < -0.4 is 5.32 Å². The van der Waals surface area contributed by atoms with Crippen LogP contribution >= 0.6 is 11.8 Å². The van der Waals surface area contributed by atoms with Crippen molar-refractivity contribution in [3.63, 3.8) is 0 Å². The Kier molecular flexibility index (Phi) is 5.87. The summed E-state index contributed by atoms with van der Waals surface area (Å²) in [7, 11) is 0. The Balaban J connectivity index is 1.15. The lowest BCUT2D eigenvalue weighted by atomic mass is 10.0. The second-order valence-corrected chi connectivity index (χ2v) is 13.4. The highest BCUT2D eigenvalue weighted by molar-refractivity contribution is 8.00. The molecule has 7 aromatic carbocycles. The van der Waals surface area contributed by atoms with Crippen LogP contribution in [-0.4, -0.2) is 9.13 Å². The summed E-state index contributed by atoms with van der Waals surface area (Å²) in [4.78, 5) is 1.29. The molecule has 0 aliphatic carbocycles. The largest absolute Gasteiger partial charge is 0.368 e. The lowest BCUT2D eigenvalue weighted by Gasteiger charge is -2.12. The van der Waals surface area contributed by atoms with Crippen LogP contribution in [0.3, 0.4) is 0 Å². The van der Waals surface area contributed by atoms with Gasteiger partial charge in [-0.25, -0.2) is 0 Å². The number of thioether (sulfide) groups is 1. The first-order valence-electron chi connectivity index (χ1n) is 16.0. The molecule has 0 radical (unpaired) electrons. The Bertz CT molecular complexity index is 2630. The van der Waals surface area contributed by atoms with E-state index >= 15 is 0 Å². The molecule has 3 heterocycles. The fraction of sp³-hybridized carbons (Fsp3) is 0.0233. The molecule has 0 fully saturated rings. The van der Waals surface area contributed by atoms with Crippen molar-refractivity contribution in [1.82, 2.24) is 9.13 Å². The van der Waals surface area contributed by atoms with Crippen molar-refractivity contribution in [2.24, 2.45) is 0 Å². The van der Waals surface area contributed by atoms with Crippen LogP contribution in [0, 0.1) is 0 Å². The summed E-state index contributed by atoms with van der Waals surface area (Å²) >= 11 is 1.88. The van der Waals surface area contributed by atoms with E-state index in [9.17, 15) is 0 Å². The third-order valence-electron chi connectivity index (χ3n) is 9.53. The summed E-state index contributed by atoms with van der Waals surface area (Å²) in [5.74, 6) is 0.